The lowest BCUT2D eigenvalue weighted by Crippen LogP contribution is -2.46. The number of fused-ring (bicyclic) bond motifs is 1. The molecule has 1 aliphatic heterocycles. The third-order valence-corrected chi connectivity index (χ3v) is 7.78. The first-order valence-electron chi connectivity index (χ1n) is 11.7. The highest BCUT2D eigenvalue weighted by Crippen LogP contribution is 2.34. The number of rotatable bonds is 6. The fourth-order valence-electron chi connectivity index (χ4n) is 4.44. The molecule has 34 heavy (non-hydrogen) atoms. The number of likely N-dealkylation sites (N-methyl/N-ethyl adjacent to an activating group) is 1. The zero-order valence-electron chi connectivity index (χ0n) is 19.8. The van der Waals surface area contributed by atoms with Crippen LogP contribution in [0.15, 0.2) is 40.3 Å². The van der Waals surface area contributed by atoms with Crippen LogP contribution in [0.4, 0.5) is 11.5 Å². The van der Waals surface area contributed by atoms with Crippen LogP contribution in [0.25, 0.3) is 22.2 Å². The molecule has 0 atom stereocenters. The second-order valence-corrected chi connectivity index (χ2v) is 11.2. The van der Waals surface area contributed by atoms with Crippen molar-refractivity contribution < 1.29 is 8.42 Å². The van der Waals surface area contributed by atoms with Gasteiger partial charge in [-0.05, 0) is 37.6 Å². The van der Waals surface area contributed by atoms with E-state index >= 15 is 0 Å². The lowest BCUT2D eigenvalue weighted by molar-refractivity contribution is 0.271. The highest BCUT2D eigenvalue weighted by Gasteiger charge is 2.26. The average Bonchev–Trinajstić information content (AvgIpc) is 3.64. The number of benzene rings is 1. The molecule has 1 N–H and O–H groups in total. The van der Waals surface area contributed by atoms with Gasteiger partial charge in [0.25, 0.3) is 5.56 Å². The van der Waals surface area contributed by atoms with E-state index in [2.05, 4.69) is 27.0 Å². The second kappa shape index (κ2) is 8.66. The van der Waals surface area contributed by atoms with E-state index in [9.17, 15) is 13.2 Å². The average molecular weight is 483 g/mol. The summed E-state index contributed by atoms with van der Waals surface area (Å²) in [5.41, 5.74) is 2.58. The van der Waals surface area contributed by atoms with Crippen molar-refractivity contribution in [3.05, 3.63) is 40.9 Å². The summed E-state index contributed by atoms with van der Waals surface area (Å²) < 4.78 is 26.6. The van der Waals surface area contributed by atoms with Gasteiger partial charge >= 0.3 is 0 Å². The molecule has 5 rings (SSSR count). The van der Waals surface area contributed by atoms with Crippen LogP contribution < -0.4 is 15.8 Å². The normalized spacial score (nSPS) is 17.3. The Morgan fingerprint density at radius 1 is 1.12 bits per heavy atom. The van der Waals surface area contributed by atoms with Crippen LogP contribution in [0, 0.1) is 0 Å². The Kier molecular flexibility index (Phi) is 5.81. The predicted octanol–water partition coefficient (Wildman–Crippen LogP) is 2.12. The number of aromatic nitrogens is 3. The Bertz CT molecular complexity index is 1410. The van der Waals surface area contributed by atoms with Gasteiger partial charge in [0, 0.05) is 51.1 Å². The van der Waals surface area contributed by atoms with Crippen molar-refractivity contribution in [1.82, 2.24) is 19.4 Å². The predicted molar refractivity (Wildman–Crippen MR) is 134 cm³/mol. The molecule has 9 nitrogen and oxygen atoms in total. The SMILES string of the molecule is CCN1CCN(c2cc(-c3cc4ncn(C)c(=O)c4c(NC4CC4)n3)ccc2S(C)(=O)=O)CC1. The summed E-state index contributed by atoms with van der Waals surface area (Å²) in [5.74, 6) is 0.536. The van der Waals surface area contributed by atoms with E-state index in [0.29, 0.717) is 39.0 Å². The van der Waals surface area contributed by atoms with E-state index in [1.54, 1.807) is 19.2 Å². The number of piperazine rings is 1. The summed E-state index contributed by atoms with van der Waals surface area (Å²) in [6.07, 6.45) is 4.86. The van der Waals surface area contributed by atoms with Crippen molar-refractivity contribution in [3.63, 3.8) is 0 Å². The summed E-state index contributed by atoms with van der Waals surface area (Å²) in [4.78, 5) is 26.9. The molecule has 0 bridgehead atoms. The molecular formula is C24H30N6O3S. The summed E-state index contributed by atoms with van der Waals surface area (Å²) in [6, 6.07) is 7.49. The molecule has 2 aliphatic rings. The Morgan fingerprint density at radius 3 is 2.50 bits per heavy atom. The molecule has 3 heterocycles. The Hall–Kier alpha value is -2.98. The van der Waals surface area contributed by atoms with Gasteiger partial charge < -0.3 is 19.7 Å². The van der Waals surface area contributed by atoms with E-state index in [1.165, 1.54) is 17.2 Å². The maximum atomic E-state index is 12.8. The van der Waals surface area contributed by atoms with Gasteiger partial charge in [-0.25, -0.2) is 18.4 Å². The fourth-order valence-corrected chi connectivity index (χ4v) is 5.32. The van der Waals surface area contributed by atoms with Gasteiger partial charge in [0.15, 0.2) is 9.84 Å². The molecule has 2 aromatic heterocycles. The topological polar surface area (TPSA) is 100 Å². The van der Waals surface area contributed by atoms with Crippen LogP contribution in [0.1, 0.15) is 19.8 Å². The largest absolute Gasteiger partial charge is 0.368 e. The van der Waals surface area contributed by atoms with Gasteiger partial charge in [-0.15, -0.1) is 0 Å². The van der Waals surface area contributed by atoms with Crippen LogP contribution in [-0.2, 0) is 16.9 Å². The van der Waals surface area contributed by atoms with Crippen molar-refractivity contribution >= 4 is 32.2 Å². The van der Waals surface area contributed by atoms with E-state index in [1.807, 2.05) is 12.1 Å². The van der Waals surface area contributed by atoms with Gasteiger partial charge in [0.2, 0.25) is 0 Å². The van der Waals surface area contributed by atoms with E-state index in [-0.39, 0.29) is 5.56 Å². The van der Waals surface area contributed by atoms with E-state index in [4.69, 9.17) is 4.98 Å². The van der Waals surface area contributed by atoms with Crippen LogP contribution in [0.3, 0.4) is 0 Å². The summed E-state index contributed by atoms with van der Waals surface area (Å²) in [6.45, 7) is 6.42. The molecule has 0 spiro atoms. The number of hydrogen-bond acceptors (Lipinski definition) is 8. The second-order valence-electron chi connectivity index (χ2n) is 9.21. The number of sulfone groups is 1. The maximum Gasteiger partial charge on any atom is 0.264 e. The highest BCUT2D eigenvalue weighted by molar-refractivity contribution is 7.90. The number of hydrogen-bond donors (Lipinski definition) is 1. The zero-order chi connectivity index (χ0) is 24.0. The van der Waals surface area contributed by atoms with Crippen molar-refractivity contribution in [1.29, 1.82) is 0 Å². The number of anilines is 2. The molecule has 3 aromatic rings. The minimum Gasteiger partial charge on any atom is -0.368 e. The van der Waals surface area contributed by atoms with Gasteiger partial charge in [-0.1, -0.05) is 13.0 Å². The first kappa shape index (κ1) is 22.8. The molecule has 1 aliphatic carbocycles. The maximum absolute atomic E-state index is 12.8. The Morgan fingerprint density at radius 2 is 1.85 bits per heavy atom. The number of pyridine rings is 1. The van der Waals surface area contributed by atoms with Gasteiger partial charge in [-0.3, -0.25) is 4.79 Å². The molecule has 1 saturated carbocycles. The third kappa shape index (κ3) is 4.39. The Labute approximate surface area is 199 Å². The summed E-state index contributed by atoms with van der Waals surface area (Å²) in [7, 11) is -1.73. The quantitative estimate of drug-likeness (QED) is 0.570. The van der Waals surface area contributed by atoms with E-state index in [0.717, 1.165) is 51.1 Å². The molecule has 10 heteroatoms. The molecule has 1 saturated heterocycles. The molecule has 2 fully saturated rings. The molecule has 1 aromatic carbocycles. The van der Waals surface area contributed by atoms with Gasteiger partial charge in [0.05, 0.1) is 28.1 Å². The lowest BCUT2D eigenvalue weighted by Gasteiger charge is -2.36. The van der Waals surface area contributed by atoms with Crippen molar-refractivity contribution in [2.24, 2.45) is 7.05 Å². The first-order chi connectivity index (χ1) is 16.2. The van der Waals surface area contributed by atoms with Gasteiger partial charge in [0.1, 0.15) is 11.2 Å². The smallest absolute Gasteiger partial charge is 0.264 e. The standard InChI is InChI=1S/C24H30N6O3S/c1-4-29-9-11-30(12-10-29)20-13-16(5-8-21(20)34(3,32)33)18-14-19-22(24(31)28(2)15-25-19)23(27-18)26-17-6-7-17/h5,8,13-15,17H,4,6-7,9-12H2,1-3H3,(H,26,27). The first-order valence-corrected chi connectivity index (χ1v) is 13.6. The molecule has 0 radical (unpaired) electrons. The van der Waals surface area contributed by atoms with Crippen molar-refractivity contribution in [3.8, 4) is 11.3 Å². The molecular weight excluding hydrogens is 452 g/mol. The zero-order valence-corrected chi connectivity index (χ0v) is 20.6. The number of nitrogens with one attached hydrogen (secondary N) is 1. The molecule has 0 amide bonds. The van der Waals surface area contributed by atoms with Crippen molar-refractivity contribution in [2.75, 3.05) is 49.2 Å². The van der Waals surface area contributed by atoms with Crippen LogP contribution in [-0.4, -0.2) is 72.9 Å². The van der Waals surface area contributed by atoms with Crippen LogP contribution in [0.2, 0.25) is 0 Å². The lowest BCUT2D eigenvalue weighted by atomic mass is 10.1. The fraction of sp³-hybridized carbons (Fsp3) is 0.458. The molecule has 180 valence electrons. The summed E-state index contributed by atoms with van der Waals surface area (Å²) >= 11 is 0. The van der Waals surface area contributed by atoms with E-state index < -0.39 is 9.84 Å². The minimum absolute atomic E-state index is 0.144. The summed E-state index contributed by atoms with van der Waals surface area (Å²) in [5, 5.41) is 3.86. The highest BCUT2D eigenvalue weighted by atomic mass is 32.2. The number of nitrogens with zero attached hydrogens (tertiary/aromatic N) is 5. The van der Waals surface area contributed by atoms with Crippen LogP contribution >= 0.6 is 0 Å². The van der Waals surface area contributed by atoms with Crippen molar-refractivity contribution in [2.45, 2.75) is 30.7 Å². The number of aryl methyl sites for hydroxylation is 1. The van der Waals surface area contributed by atoms with Crippen LogP contribution in [0.5, 0.6) is 0 Å². The van der Waals surface area contributed by atoms with Gasteiger partial charge in [-0.2, -0.15) is 0 Å². The Balaban J connectivity index is 1.63. The molecule has 0 unspecified atom stereocenters. The monoisotopic (exact) mass is 482 g/mol. The minimum atomic E-state index is -3.41. The third-order valence-electron chi connectivity index (χ3n) is 6.64.